The van der Waals surface area contributed by atoms with E-state index in [2.05, 4.69) is 109 Å². The Morgan fingerprint density at radius 3 is 1.56 bits per heavy atom. The van der Waals surface area contributed by atoms with E-state index in [-0.39, 0.29) is 7.12 Å². The van der Waals surface area contributed by atoms with Gasteiger partial charge in [0.1, 0.15) is 5.82 Å². The lowest BCUT2D eigenvalue weighted by Gasteiger charge is -2.34. The molecule has 32 heavy (non-hydrogen) atoms. The number of anilines is 6. The van der Waals surface area contributed by atoms with E-state index < -0.39 is 0 Å². The maximum absolute atomic E-state index is 4.87. The first kappa shape index (κ1) is 19.0. The molecular formula is C27H25BN4. The number of aromatic nitrogens is 1. The van der Waals surface area contributed by atoms with Crippen LogP contribution in [0.1, 0.15) is 22.3 Å². The molecule has 0 saturated heterocycles. The van der Waals surface area contributed by atoms with E-state index in [9.17, 15) is 0 Å². The molecule has 0 atom stereocenters. The van der Waals surface area contributed by atoms with Crippen LogP contribution in [0, 0.1) is 27.7 Å². The summed E-state index contributed by atoms with van der Waals surface area (Å²) in [4.78, 5) is 12.2. The van der Waals surface area contributed by atoms with Gasteiger partial charge < -0.3 is 14.4 Å². The van der Waals surface area contributed by atoms with Crippen molar-refractivity contribution in [2.45, 2.75) is 27.7 Å². The first-order chi connectivity index (χ1) is 15.6. The lowest BCUT2D eigenvalue weighted by Crippen LogP contribution is -2.52. The van der Waals surface area contributed by atoms with Crippen LogP contribution in [0.25, 0.3) is 0 Å². The van der Waals surface area contributed by atoms with E-state index in [1.165, 1.54) is 45.0 Å². The summed E-state index contributed by atoms with van der Waals surface area (Å²) in [5, 5.41) is 0. The quantitative estimate of drug-likeness (QED) is 0.338. The van der Waals surface area contributed by atoms with Crippen molar-refractivity contribution in [2.24, 2.45) is 0 Å². The van der Waals surface area contributed by atoms with Gasteiger partial charge in [-0.25, -0.2) is 4.98 Å². The predicted octanol–water partition coefficient (Wildman–Crippen LogP) is 6.74. The van der Waals surface area contributed by atoms with Crippen LogP contribution < -0.4 is 14.4 Å². The second-order valence-electron chi connectivity index (χ2n) is 8.77. The van der Waals surface area contributed by atoms with Crippen molar-refractivity contribution < 1.29 is 0 Å². The van der Waals surface area contributed by atoms with Crippen molar-refractivity contribution in [3.05, 3.63) is 101 Å². The van der Waals surface area contributed by atoms with Gasteiger partial charge >= 0.3 is 7.12 Å². The molecular weight excluding hydrogens is 391 g/mol. The molecule has 5 heteroatoms. The summed E-state index contributed by atoms with van der Waals surface area (Å²) in [6.07, 6.45) is 1.90. The number of rotatable bonds is 2. The number of para-hydroxylation sites is 4. The fraction of sp³-hybridized carbons (Fsp3) is 0.148. The molecule has 6 rings (SSSR count). The Balaban J connectivity index is 1.69. The number of hydrogen-bond donors (Lipinski definition) is 0. The van der Waals surface area contributed by atoms with Crippen LogP contribution in [0.5, 0.6) is 0 Å². The lowest BCUT2D eigenvalue weighted by molar-refractivity contribution is 1.23. The minimum atomic E-state index is -0.0584. The van der Waals surface area contributed by atoms with Crippen LogP contribution in [0.3, 0.4) is 0 Å². The normalized spacial score (nSPS) is 14.0. The zero-order chi connectivity index (χ0) is 22.0. The minimum absolute atomic E-state index is 0.0584. The smallest absolute Gasteiger partial charge is 0.343 e. The molecule has 2 aliphatic heterocycles. The molecule has 0 radical (unpaired) electrons. The van der Waals surface area contributed by atoms with E-state index in [4.69, 9.17) is 4.98 Å². The van der Waals surface area contributed by atoms with Gasteiger partial charge in [-0.05, 0) is 74.2 Å². The predicted molar refractivity (Wildman–Crippen MR) is 135 cm³/mol. The van der Waals surface area contributed by atoms with Gasteiger partial charge in [-0.3, -0.25) is 0 Å². The summed E-state index contributed by atoms with van der Waals surface area (Å²) in [6.45, 7) is 8.81. The number of aryl methyl sites for hydroxylation is 4. The first-order valence-electron chi connectivity index (χ1n) is 11.1. The Bertz CT molecular complexity index is 1220. The number of pyridine rings is 1. The number of benzene rings is 3. The maximum atomic E-state index is 4.87. The van der Waals surface area contributed by atoms with E-state index in [0.717, 1.165) is 11.5 Å². The molecule has 4 nitrogen and oxygen atoms in total. The van der Waals surface area contributed by atoms with Gasteiger partial charge in [0.05, 0.1) is 17.1 Å². The summed E-state index contributed by atoms with van der Waals surface area (Å²) in [6, 6.07) is 26.0. The molecule has 3 aromatic carbocycles. The summed E-state index contributed by atoms with van der Waals surface area (Å²) >= 11 is 0. The second kappa shape index (κ2) is 6.89. The van der Waals surface area contributed by atoms with Crippen LogP contribution in [0.2, 0.25) is 0 Å². The highest BCUT2D eigenvalue weighted by molar-refractivity contribution is 6.80. The highest BCUT2D eigenvalue weighted by Gasteiger charge is 2.55. The minimum Gasteiger partial charge on any atom is -0.343 e. The average Bonchev–Trinajstić information content (AvgIpc) is 3.28. The summed E-state index contributed by atoms with van der Waals surface area (Å²) < 4.78 is 0. The zero-order valence-corrected chi connectivity index (χ0v) is 18.9. The van der Waals surface area contributed by atoms with Crippen LogP contribution in [-0.4, -0.2) is 12.1 Å². The number of hydrogen-bond acceptors (Lipinski definition) is 4. The molecule has 0 saturated carbocycles. The Morgan fingerprint density at radius 1 is 0.531 bits per heavy atom. The van der Waals surface area contributed by atoms with Crippen molar-refractivity contribution in [1.82, 2.24) is 4.98 Å². The standard InChI is InChI=1S/C27H25BN4/c1-18-10-7-11-19(2)25(18)30-22-14-5-6-15-23(22)32-27-24(16-9-17-29-27)31(28(30)32)26-20(3)12-8-13-21(26)4/h5-17H,1-4H3. The number of nitrogens with zero attached hydrogens (tertiary/aromatic N) is 4. The summed E-state index contributed by atoms with van der Waals surface area (Å²) in [5.41, 5.74) is 11.1. The third kappa shape index (κ3) is 2.48. The van der Waals surface area contributed by atoms with E-state index >= 15 is 0 Å². The van der Waals surface area contributed by atoms with Crippen molar-refractivity contribution in [3.63, 3.8) is 0 Å². The van der Waals surface area contributed by atoms with Crippen molar-refractivity contribution in [3.8, 4) is 0 Å². The van der Waals surface area contributed by atoms with Gasteiger partial charge in [0.15, 0.2) is 0 Å². The molecule has 2 aliphatic rings. The number of fused-ring (bicyclic) bond motifs is 5. The molecule has 0 fully saturated rings. The van der Waals surface area contributed by atoms with E-state index in [1.54, 1.807) is 0 Å². The van der Waals surface area contributed by atoms with Crippen molar-refractivity contribution >= 4 is 41.4 Å². The van der Waals surface area contributed by atoms with Gasteiger partial charge in [-0.1, -0.05) is 48.5 Å². The second-order valence-corrected chi connectivity index (χ2v) is 8.77. The van der Waals surface area contributed by atoms with Crippen molar-refractivity contribution in [2.75, 3.05) is 14.4 Å². The van der Waals surface area contributed by atoms with Gasteiger partial charge in [0.25, 0.3) is 0 Å². The summed E-state index contributed by atoms with van der Waals surface area (Å²) in [7, 11) is -0.0584. The Morgan fingerprint density at radius 2 is 1.00 bits per heavy atom. The van der Waals surface area contributed by atoms with Crippen LogP contribution in [0.15, 0.2) is 79.0 Å². The molecule has 0 bridgehead atoms. The molecule has 0 amide bonds. The first-order valence-corrected chi connectivity index (χ1v) is 11.1. The fourth-order valence-corrected chi connectivity index (χ4v) is 5.42. The topological polar surface area (TPSA) is 22.6 Å². The maximum Gasteiger partial charge on any atom is 0.520 e. The summed E-state index contributed by atoms with van der Waals surface area (Å²) in [5.74, 6) is 1.00. The molecule has 1 aromatic heterocycles. The van der Waals surface area contributed by atoms with Crippen molar-refractivity contribution in [1.29, 1.82) is 0 Å². The molecule has 0 N–H and O–H groups in total. The molecule has 0 spiro atoms. The Hall–Kier alpha value is -3.73. The molecule has 3 heterocycles. The largest absolute Gasteiger partial charge is 0.520 e. The van der Waals surface area contributed by atoms with Crippen LogP contribution in [0.4, 0.5) is 34.3 Å². The third-order valence-corrected chi connectivity index (χ3v) is 6.71. The molecule has 0 aliphatic carbocycles. The zero-order valence-electron chi connectivity index (χ0n) is 18.9. The van der Waals surface area contributed by atoms with E-state index in [1.807, 2.05) is 12.3 Å². The average molecular weight is 416 g/mol. The third-order valence-electron chi connectivity index (χ3n) is 6.71. The molecule has 0 unspecified atom stereocenters. The van der Waals surface area contributed by atoms with E-state index in [0.29, 0.717) is 0 Å². The molecule has 4 aromatic rings. The van der Waals surface area contributed by atoms with Crippen LogP contribution in [-0.2, 0) is 0 Å². The van der Waals surface area contributed by atoms with Gasteiger partial charge in [0.2, 0.25) is 0 Å². The van der Waals surface area contributed by atoms with Crippen LogP contribution >= 0.6 is 0 Å². The van der Waals surface area contributed by atoms with Gasteiger partial charge in [0, 0.05) is 17.6 Å². The highest BCUT2D eigenvalue weighted by Crippen LogP contribution is 2.56. The highest BCUT2D eigenvalue weighted by atomic mass is 15.5. The monoisotopic (exact) mass is 416 g/mol. The van der Waals surface area contributed by atoms with Gasteiger partial charge in [-0.15, -0.1) is 0 Å². The Labute approximate surface area is 189 Å². The lowest BCUT2D eigenvalue weighted by atomic mass is 9.84. The fourth-order valence-electron chi connectivity index (χ4n) is 5.42. The molecule has 156 valence electrons. The SMILES string of the molecule is Cc1cccc(C)c1N1B2N(c3ccccc31)c1ncccc1N2c1c(C)cccc1C. The Kier molecular flexibility index (Phi) is 4.09. The van der Waals surface area contributed by atoms with Gasteiger partial charge in [-0.2, -0.15) is 0 Å².